The molecule has 1 aromatic rings. The van der Waals surface area contributed by atoms with E-state index in [0.29, 0.717) is 5.56 Å². The molecule has 1 fully saturated rings. The van der Waals surface area contributed by atoms with E-state index in [0.717, 1.165) is 12.8 Å². The number of rotatable bonds is 4. The SMILES string of the molecule is COC(=O)C(C)(NC1CC1)c1cc(O)cc(O)c1. The van der Waals surface area contributed by atoms with Crippen LogP contribution in [0, 0.1) is 0 Å². The first kappa shape index (κ1) is 12.7. The second-order valence-corrected chi connectivity index (χ2v) is 4.77. The van der Waals surface area contributed by atoms with Gasteiger partial charge in [0.05, 0.1) is 7.11 Å². The van der Waals surface area contributed by atoms with Crippen LogP contribution in [0.25, 0.3) is 0 Å². The highest BCUT2D eigenvalue weighted by Crippen LogP contribution is 2.33. The summed E-state index contributed by atoms with van der Waals surface area (Å²) in [5.74, 6) is -0.616. The van der Waals surface area contributed by atoms with Gasteiger partial charge in [0.2, 0.25) is 0 Å². The van der Waals surface area contributed by atoms with E-state index in [-0.39, 0.29) is 17.5 Å². The van der Waals surface area contributed by atoms with E-state index in [1.165, 1.54) is 25.3 Å². The third kappa shape index (κ3) is 2.41. The Hall–Kier alpha value is -1.75. The number of benzene rings is 1. The number of hydrogen-bond donors (Lipinski definition) is 3. The molecule has 5 nitrogen and oxygen atoms in total. The number of carbonyl (C=O) groups is 1. The van der Waals surface area contributed by atoms with Gasteiger partial charge in [-0.1, -0.05) is 0 Å². The number of phenols is 2. The van der Waals surface area contributed by atoms with Crippen LogP contribution in [0.15, 0.2) is 18.2 Å². The Morgan fingerprint density at radius 1 is 1.33 bits per heavy atom. The van der Waals surface area contributed by atoms with Gasteiger partial charge in [0.1, 0.15) is 17.0 Å². The van der Waals surface area contributed by atoms with Crippen molar-refractivity contribution in [2.45, 2.75) is 31.3 Å². The van der Waals surface area contributed by atoms with Gasteiger partial charge in [0.25, 0.3) is 0 Å². The van der Waals surface area contributed by atoms with Crippen molar-refractivity contribution in [2.24, 2.45) is 0 Å². The average Bonchev–Trinajstić information content (AvgIpc) is 3.10. The number of ether oxygens (including phenoxy) is 1. The lowest BCUT2D eigenvalue weighted by molar-refractivity contribution is -0.148. The predicted molar refractivity (Wildman–Crippen MR) is 65.3 cm³/mol. The number of phenolic OH excluding ortho intramolecular Hbond substituents is 2. The molecular formula is C13H17NO4. The Morgan fingerprint density at radius 2 is 1.89 bits per heavy atom. The fraction of sp³-hybridized carbons (Fsp3) is 0.462. The van der Waals surface area contributed by atoms with Gasteiger partial charge in [-0.25, -0.2) is 4.79 Å². The van der Waals surface area contributed by atoms with Gasteiger partial charge in [-0.3, -0.25) is 5.32 Å². The van der Waals surface area contributed by atoms with Crippen LogP contribution in [0.5, 0.6) is 11.5 Å². The van der Waals surface area contributed by atoms with Crippen molar-refractivity contribution in [3.8, 4) is 11.5 Å². The molecule has 98 valence electrons. The minimum absolute atomic E-state index is 0.0854. The number of hydrogen-bond acceptors (Lipinski definition) is 5. The normalized spacial score (nSPS) is 18.1. The molecular weight excluding hydrogens is 234 g/mol. The number of carbonyl (C=O) groups excluding carboxylic acids is 1. The van der Waals surface area contributed by atoms with E-state index >= 15 is 0 Å². The molecule has 1 aliphatic carbocycles. The van der Waals surface area contributed by atoms with Crippen LogP contribution in [-0.2, 0) is 15.1 Å². The molecule has 1 atom stereocenters. The first-order chi connectivity index (χ1) is 8.45. The van der Waals surface area contributed by atoms with Crippen LogP contribution >= 0.6 is 0 Å². The van der Waals surface area contributed by atoms with Crippen molar-refractivity contribution >= 4 is 5.97 Å². The summed E-state index contributed by atoms with van der Waals surface area (Å²) in [5.41, 5.74) is -0.578. The van der Waals surface area contributed by atoms with Crippen LogP contribution in [-0.4, -0.2) is 29.3 Å². The van der Waals surface area contributed by atoms with Crippen LogP contribution in [0.4, 0.5) is 0 Å². The topological polar surface area (TPSA) is 78.8 Å². The molecule has 2 rings (SSSR count). The maximum Gasteiger partial charge on any atom is 0.330 e. The minimum atomic E-state index is -1.06. The fourth-order valence-corrected chi connectivity index (χ4v) is 1.98. The molecule has 3 N–H and O–H groups in total. The molecule has 18 heavy (non-hydrogen) atoms. The first-order valence-electron chi connectivity index (χ1n) is 5.85. The lowest BCUT2D eigenvalue weighted by atomic mass is 9.91. The van der Waals surface area contributed by atoms with Crippen LogP contribution < -0.4 is 5.32 Å². The number of methoxy groups -OCH3 is 1. The first-order valence-corrected chi connectivity index (χ1v) is 5.85. The molecule has 1 aliphatic rings. The largest absolute Gasteiger partial charge is 0.508 e. The smallest absolute Gasteiger partial charge is 0.330 e. The molecule has 0 spiro atoms. The summed E-state index contributed by atoms with van der Waals surface area (Å²) in [4.78, 5) is 12.0. The minimum Gasteiger partial charge on any atom is -0.508 e. The molecule has 1 saturated carbocycles. The van der Waals surface area contributed by atoms with Crippen molar-refractivity contribution in [1.82, 2.24) is 5.32 Å². The lowest BCUT2D eigenvalue weighted by Crippen LogP contribution is -2.48. The Bertz CT molecular complexity index is 450. The standard InChI is InChI=1S/C13H17NO4/c1-13(12(17)18-2,14-9-3-4-9)8-5-10(15)7-11(16)6-8/h5-7,9,14-16H,3-4H2,1-2H3. The number of nitrogens with one attached hydrogen (secondary N) is 1. The highest BCUT2D eigenvalue weighted by molar-refractivity contribution is 5.82. The van der Waals surface area contributed by atoms with E-state index in [2.05, 4.69) is 5.32 Å². The van der Waals surface area contributed by atoms with Crippen molar-refractivity contribution in [1.29, 1.82) is 0 Å². The third-order valence-corrected chi connectivity index (χ3v) is 3.14. The molecule has 0 saturated heterocycles. The van der Waals surface area contributed by atoms with E-state index in [1.807, 2.05) is 0 Å². The summed E-state index contributed by atoms with van der Waals surface area (Å²) < 4.78 is 4.81. The molecule has 5 heteroatoms. The van der Waals surface area contributed by atoms with Gasteiger partial charge in [-0.05, 0) is 37.5 Å². The fourth-order valence-electron chi connectivity index (χ4n) is 1.98. The van der Waals surface area contributed by atoms with Gasteiger partial charge in [0.15, 0.2) is 0 Å². The third-order valence-electron chi connectivity index (χ3n) is 3.14. The highest BCUT2D eigenvalue weighted by Gasteiger charge is 2.41. The summed E-state index contributed by atoms with van der Waals surface area (Å²) in [7, 11) is 1.32. The zero-order valence-corrected chi connectivity index (χ0v) is 10.4. The highest BCUT2D eigenvalue weighted by atomic mass is 16.5. The maximum absolute atomic E-state index is 12.0. The number of aromatic hydroxyl groups is 2. The van der Waals surface area contributed by atoms with Gasteiger partial charge in [-0.2, -0.15) is 0 Å². The zero-order valence-electron chi connectivity index (χ0n) is 10.4. The second-order valence-electron chi connectivity index (χ2n) is 4.77. The summed E-state index contributed by atoms with van der Waals surface area (Å²) in [6, 6.07) is 4.40. The van der Waals surface area contributed by atoms with Gasteiger partial charge in [0, 0.05) is 12.1 Å². The van der Waals surface area contributed by atoms with E-state index in [9.17, 15) is 15.0 Å². The Morgan fingerprint density at radius 3 is 2.33 bits per heavy atom. The quantitative estimate of drug-likeness (QED) is 0.702. The zero-order chi connectivity index (χ0) is 13.3. The number of esters is 1. The second kappa shape index (κ2) is 4.49. The van der Waals surface area contributed by atoms with Crippen LogP contribution in [0.1, 0.15) is 25.3 Å². The Balaban J connectivity index is 2.40. The van der Waals surface area contributed by atoms with E-state index in [1.54, 1.807) is 6.92 Å². The predicted octanol–water partition coefficient (Wildman–Crippen LogP) is 1.24. The van der Waals surface area contributed by atoms with E-state index < -0.39 is 11.5 Å². The summed E-state index contributed by atoms with van der Waals surface area (Å²) in [6.45, 7) is 1.69. The molecule has 0 aliphatic heterocycles. The average molecular weight is 251 g/mol. The monoisotopic (exact) mass is 251 g/mol. The molecule has 1 aromatic carbocycles. The van der Waals surface area contributed by atoms with Crippen LogP contribution in [0.3, 0.4) is 0 Å². The Labute approximate surface area is 105 Å². The Kier molecular flexibility index (Phi) is 3.17. The molecule has 0 heterocycles. The van der Waals surface area contributed by atoms with Crippen molar-refractivity contribution in [3.63, 3.8) is 0 Å². The van der Waals surface area contributed by atoms with E-state index in [4.69, 9.17) is 4.74 Å². The molecule has 0 radical (unpaired) electrons. The van der Waals surface area contributed by atoms with Gasteiger partial charge >= 0.3 is 5.97 Å². The van der Waals surface area contributed by atoms with Gasteiger partial charge < -0.3 is 14.9 Å². The lowest BCUT2D eigenvalue weighted by Gasteiger charge is -2.28. The van der Waals surface area contributed by atoms with Crippen LogP contribution in [0.2, 0.25) is 0 Å². The summed E-state index contributed by atoms with van der Waals surface area (Å²) in [6.07, 6.45) is 2.02. The molecule has 0 bridgehead atoms. The summed E-state index contributed by atoms with van der Waals surface area (Å²) in [5, 5.41) is 22.2. The molecule has 0 amide bonds. The molecule has 1 unspecified atom stereocenters. The van der Waals surface area contributed by atoms with Crippen molar-refractivity contribution in [3.05, 3.63) is 23.8 Å². The van der Waals surface area contributed by atoms with Crippen molar-refractivity contribution < 1.29 is 19.7 Å². The van der Waals surface area contributed by atoms with Gasteiger partial charge in [-0.15, -0.1) is 0 Å². The summed E-state index contributed by atoms with van der Waals surface area (Å²) >= 11 is 0. The molecule has 0 aromatic heterocycles. The maximum atomic E-state index is 12.0. The van der Waals surface area contributed by atoms with Crippen molar-refractivity contribution in [2.75, 3.05) is 7.11 Å².